The molecule has 4 N–H and O–H groups in total. The molecular formula is C30H28N6O3. The molecule has 4 rings (SSSR count). The van der Waals surface area contributed by atoms with Gasteiger partial charge in [-0.05, 0) is 23.1 Å². The molecule has 2 amide bonds. The number of amides is 2. The highest BCUT2D eigenvalue weighted by atomic mass is 16.4. The molecule has 0 spiro atoms. The molecule has 0 saturated carbocycles. The second-order valence-corrected chi connectivity index (χ2v) is 8.74. The number of hydrogen-bond donors (Lipinski definition) is 4. The monoisotopic (exact) mass is 520 g/mol. The topological polar surface area (TPSA) is 132 Å². The van der Waals surface area contributed by atoms with Crippen LogP contribution in [0.2, 0.25) is 0 Å². The number of carbonyl (C=O) groups excluding carboxylic acids is 1. The number of aryl methyl sites for hydroxylation is 1. The molecule has 1 heterocycles. The quantitative estimate of drug-likeness (QED) is 0.134. The first kappa shape index (κ1) is 26.7. The van der Waals surface area contributed by atoms with Crippen LogP contribution in [0.1, 0.15) is 23.1 Å². The summed E-state index contributed by atoms with van der Waals surface area (Å²) < 4.78 is 1.64. The molecule has 0 aliphatic carbocycles. The third-order valence-electron chi connectivity index (χ3n) is 6.31. The van der Waals surface area contributed by atoms with Crippen molar-refractivity contribution in [2.45, 2.75) is 12.0 Å². The number of hydrogen-bond acceptors (Lipinski definition) is 5. The maximum atomic E-state index is 13.1. The lowest BCUT2D eigenvalue weighted by atomic mass is 9.77. The van der Waals surface area contributed by atoms with Crippen molar-refractivity contribution in [3.8, 4) is 6.07 Å². The molecule has 0 aliphatic heterocycles. The zero-order valence-corrected chi connectivity index (χ0v) is 21.3. The Bertz CT molecular complexity index is 1400. The number of nitrogens with zero attached hydrogens (tertiary/aromatic N) is 3. The minimum absolute atomic E-state index is 0.00640. The van der Waals surface area contributed by atoms with Crippen LogP contribution >= 0.6 is 0 Å². The van der Waals surface area contributed by atoms with Crippen molar-refractivity contribution >= 4 is 23.5 Å². The van der Waals surface area contributed by atoms with E-state index in [2.05, 4.69) is 21.0 Å². The van der Waals surface area contributed by atoms with Crippen molar-refractivity contribution in [2.24, 2.45) is 7.05 Å². The van der Waals surface area contributed by atoms with Crippen molar-refractivity contribution in [1.29, 1.82) is 5.26 Å². The lowest BCUT2D eigenvalue weighted by molar-refractivity contribution is -0.113. The van der Waals surface area contributed by atoms with Gasteiger partial charge in [-0.1, -0.05) is 91.0 Å². The molecule has 0 aliphatic rings. The minimum Gasteiger partial charge on any atom is -0.465 e. The number of allylic oxidation sites excluding steroid dienone is 1. The second-order valence-electron chi connectivity index (χ2n) is 8.74. The summed E-state index contributed by atoms with van der Waals surface area (Å²) in [4.78, 5) is 24.0. The summed E-state index contributed by atoms with van der Waals surface area (Å²) in [6.07, 6.45) is 1.50. The zero-order valence-electron chi connectivity index (χ0n) is 21.3. The molecule has 0 atom stereocenters. The molecule has 0 unspecified atom stereocenters. The van der Waals surface area contributed by atoms with Gasteiger partial charge in [-0.2, -0.15) is 10.4 Å². The molecule has 0 bridgehead atoms. The van der Waals surface area contributed by atoms with Gasteiger partial charge in [-0.3, -0.25) is 9.48 Å². The summed E-state index contributed by atoms with van der Waals surface area (Å²) in [5.41, 5.74) is 2.63. The highest BCUT2D eigenvalue weighted by Crippen LogP contribution is 2.41. The molecule has 4 aromatic rings. The average molecular weight is 521 g/mol. The van der Waals surface area contributed by atoms with Crippen LogP contribution in [0.3, 0.4) is 0 Å². The smallest absolute Gasteiger partial charge is 0.404 e. The molecule has 3 aromatic carbocycles. The van der Waals surface area contributed by atoms with Crippen LogP contribution in [0.5, 0.6) is 0 Å². The van der Waals surface area contributed by atoms with Gasteiger partial charge in [0.05, 0.1) is 12.3 Å². The predicted molar refractivity (Wildman–Crippen MR) is 149 cm³/mol. The van der Waals surface area contributed by atoms with E-state index in [0.29, 0.717) is 11.5 Å². The molecule has 0 fully saturated rings. The van der Waals surface area contributed by atoms with Crippen molar-refractivity contribution in [3.05, 3.63) is 126 Å². The van der Waals surface area contributed by atoms with Gasteiger partial charge in [0.25, 0.3) is 5.91 Å². The summed E-state index contributed by atoms with van der Waals surface area (Å²) in [6, 6.07) is 31.9. The predicted octanol–water partition coefficient (Wildman–Crippen LogP) is 4.87. The normalized spacial score (nSPS) is 11.3. The third-order valence-corrected chi connectivity index (χ3v) is 6.31. The molecule has 1 aromatic heterocycles. The fourth-order valence-electron chi connectivity index (χ4n) is 4.47. The lowest BCUT2D eigenvalue weighted by Crippen LogP contribution is -2.39. The van der Waals surface area contributed by atoms with Crippen LogP contribution in [0.15, 0.2) is 109 Å². The van der Waals surface area contributed by atoms with Crippen molar-refractivity contribution in [1.82, 2.24) is 15.1 Å². The highest BCUT2D eigenvalue weighted by molar-refractivity contribution is 6.05. The van der Waals surface area contributed by atoms with Crippen molar-refractivity contribution < 1.29 is 14.7 Å². The van der Waals surface area contributed by atoms with E-state index in [0.717, 1.165) is 22.8 Å². The first-order valence-corrected chi connectivity index (χ1v) is 12.3. The number of carbonyl (C=O) groups is 2. The van der Waals surface area contributed by atoms with E-state index in [1.165, 1.54) is 6.20 Å². The Kier molecular flexibility index (Phi) is 8.39. The van der Waals surface area contributed by atoms with Gasteiger partial charge >= 0.3 is 6.09 Å². The van der Waals surface area contributed by atoms with E-state index in [-0.39, 0.29) is 18.5 Å². The summed E-state index contributed by atoms with van der Waals surface area (Å²) in [5.74, 6) is 0.0180. The van der Waals surface area contributed by atoms with Gasteiger partial charge in [0.15, 0.2) is 0 Å². The van der Waals surface area contributed by atoms with Gasteiger partial charge < -0.3 is 21.1 Å². The lowest BCUT2D eigenvalue weighted by Gasteiger charge is -2.38. The Morgan fingerprint density at radius 1 is 0.949 bits per heavy atom. The van der Waals surface area contributed by atoms with Crippen molar-refractivity contribution in [2.75, 3.05) is 17.2 Å². The fraction of sp³-hybridized carbons (Fsp3) is 0.133. The summed E-state index contributed by atoms with van der Waals surface area (Å²) in [5, 5.41) is 31.2. The highest BCUT2D eigenvalue weighted by Gasteiger charge is 2.38. The van der Waals surface area contributed by atoms with E-state index in [9.17, 15) is 14.9 Å². The molecule has 9 heteroatoms. The first-order chi connectivity index (χ1) is 19.0. The van der Waals surface area contributed by atoms with Crippen LogP contribution in [0.25, 0.3) is 0 Å². The zero-order chi connectivity index (χ0) is 27.7. The summed E-state index contributed by atoms with van der Waals surface area (Å²) in [6.45, 7) is -0.00640. The van der Waals surface area contributed by atoms with Gasteiger partial charge in [-0.25, -0.2) is 4.79 Å². The Morgan fingerprint density at radius 3 is 1.92 bits per heavy atom. The van der Waals surface area contributed by atoms with E-state index >= 15 is 0 Å². The number of anilines is 2. The fourth-order valence-corrected chi connectivity index (χ4v) is 4.47. The Morgan fingerprint density at radius 2 is 1.46 bits per heavy atom. The average Bonchev–Trinajstić information content (AvgIpc) is 3.30. The minimum atomic E-state index is -1.20. The molecule has 0 radical (unpaired) electrons. The molecule has 196 valence electrons. The summed E-state index contributed by atoms with van der Waals surface area (Å²) >= 11 is 0. The van der Waals surface area contributed by atoms with Crippen LogP contribution < -0.4 is 16.0 Å². The Labute approximate surface area is 226 Å². The molecular weight excluding hydrogens is 492 g/mol. The van der Waals surface area contributed by atoms with Gasteiger partial charge in [0.1, 0.15) is 17.0 Å². The summed E-state index contributed by atoms with van der Waals surface area (Å²) in [7, 11) is 1.77. The van der Waals surface area contributed by atoms with Crippen LogP contribution in [-0.2, 0) is 17.4 Å². The number of benzene rings is 3. The number of rotatable bonds is 10. The maximum absolute atomic E-state index is 13.1. The van der Waals surface area contributed by atoms with Gasteiger partial charge in [0, 0.05) is 25.2 Å². The van der Waals surface area contributed by atoms with E-state index < -0.39 is 17.5 Å². The van der Waals surface area contributed by atoms with Gasteiger partial charge in [-0.15, -0.1) is 0 Å². The van der Waals surface area contributed by atoms with Crippen LogP contribution in [0.4, 0.5) is 16.3 Å². The number of nitriles is 1. The van der Waals surface area contributed by atoms with Crippen LogP contribution in [-0.4, -0.2) is 33.4 Å². The van der Waals surface area contributed by atoms with Crippen LogP contribution in [0, 0.1) is 11.3 Å². The van der Waals surface area contributed by atoms with E-state index in [1.807, 2.05) is 97.1 Å². The van der Waals surface area contributed by atoms with E-state index in [4.69, 9.17) is 5.11 Å². The SMILES string of the molecule is Cn1ncc(NC(=O)/C(=C\C#N)CCNC(=O)O)c1NC(c1ccccc1)(c1ccccc1)c1ccccc1. The second kappa shape index (κ2) is 12.3. The Balaban J connectivity index is 1.78. The molecule has 0 saturated heterocycles. The number of aromatic nitrogens is 2. The molecule has 39 heavy (non-hydrogen) atoms. The number of carboxylic acid groups (broad SMARTS) is 1. The first-order valence-electron chi connectivity index (χ1n) is 12.3. The number of nitrogens with one attached hydrogen (secondary N) is 3. The Hall–Kier alpha value is -5.36. The molecule has 9 nitrogen and oxygen atoms in total. The third kappa shape index (κ3) is 5.97. The van der Waals surface area contributed by atoms with Crippen molar-refractivity contribution in [3.63, 3.8) is 0 Å². The van der Waals surface area contributed by atoms with E-state index in [1.54, 1.807) is 11.7 Å². The standard InChI is InChI=1S/C30H28N6O3/c1-36-27(26(21-33-36)34-28(37)22(17-19-31)18-20-32-29(38)39)35-30(23-11-5-2-6-12-23,24-13-7-3-8-14-24)25-15-9-4-10-16-25/h2-17,21,32,35H,18,20H2,1H3,(H,34,37)(H,38,39)/b22-17-. The largest absolute Gasteiger partial charge is 0.465 e. The van der Waals surface area contributed by atoms with Gasteiger partial charge in [0.2, 0.25) is 0 Å². The maximum Gasteiger partial charge on any atom is 0.404 e.